The number of aromatic nitrogens is 2. The molecule has 0 saturated heterocycles. The van der Waals surface area contributed by atoms with Gasteiger partial charge in [0.2, 0.25) is 5.91 Å². The summed E-state index contributed by atoms with van der Waals surface area (Å²) in [6.45, 7) is 0. The van der Waals surface area contributed by atoms with Gasteiger partial charge in [0, 0.05) is 31.4 Å². The fourth-order valence-corrected chi connectivity index (χ4v) is 1.59. The summed E-state index contributed by atoms with van der Waals surface area (Å²) in [5.41, 5.74) is 0.716. The van der Waals surface area contributed by atoms with Crippen molar-refractivity contribution in [2.24, 2.45) is 7.05 Å². The molecule has 1 aromatic carbocycles. The van der Waals surface area contributed by atoms with Gasteiger partial charge in [-0.05, 0) is 5.56 Å². The van der Waals surface area contributed by atoms with E-state index in [1.54, 1.807) is 36.1 Å². The average molecular weight is 260 g/mol. The largest absolute Gasteiger partial charge is 0.309 e. The fourth-order valence-electron chi connectivity index (χ4n) is 1.59. The van der Waals surface area contributed by atoms with Crippen molar-refractivity contribution in [2.75, 3.05) is 5.32 Å². The minimum atomic E-state index is -0.474. The number of nitrogens with one attached hydrogen (secondary N) is 1. The number of non-ortho nitro benzene ring substituents is 1. The third-order valence-electron chi connectivity index (χ3n) is 2.49. The van der Waals surface area contributed by atoms with E-state index in [4.69, 9.17) is 0 Å². The number of carbonyl (C=O) groups excluding carboxylic acids is 1. The van der Waals surface area contributed by atoms with Gasteiger partial charge in [-0.15, -0.1) is 0 Å². The highest BCUT2D eigenvalue weighted by atomic mass is 16.6. The lowest BCUT2D eigenvalue weighted by atomic mass is 10.1. The molecule has 0 radical (unpaired) electrons. The highest BCUT2D eigenvalue weighted by Gasteiger charge is 2.08. The molecule has 0 aliphatic heterocycles. The zero-order valence-electron chi connectivity index (χ0n) is 10.2. The van der Waals surface area contributed by atoms with Gasteiger partial charge < -0.3 is 5.32 Å². The molecule has 0 aliphatic rings. The summed E-state index contributed by atoms with van der Waals surface area (Å²) >= 11 is 0. The molecule has 98 valence electrons. The molecule has 2 rings (SSSR count). The van der Waals surface area contributed by atoms with Crippen LogP contribution in [0.5, 0.6) is 0 Å². The molecule has 2 aromatic rings. The Bertz CT molecular complexity index is 604. The molecule has 1 N–H and O–H groups in total. The van der Waals surface area contributed by atoms with E-state index < -0.39 is 4.92 Å². The highest BCUT2D eigenvalue weighted by molar-refractivity contribution is 5.91. The van der Waals surface area contributed by atoms with Gasteiger partial charge in [-0.25, -0.2) is 0 Å². The summed E-state index contributed by atoms with van der Waals surface area (Å²) in [5, 5.41) is 17.2. The minimum absolute atomic E-state index is 0.00823. The summed E-state index contributed by atoms with van der Waals surface area (Å²) < 4.78 is 1.58. The second-order valence-corrected chi connectivity index (χ2v) is 4.02. The van der Waals surface area contributed by atoms with Crippen molar-refractivity contribution >= 4 is 17.4 Å². The number of hydrogen-bond donors (Lipinski definition) is 1. The number of hydrogen-bond acceptors (Lipinski definition) is 4. The smallest absolute Gasteiger partial charge is 0.269 e. The number of carbonyl (C=O) groups is 1. The topological polar surface area (TPSA) is 90.1 Å². The zero-order chi connectivity index (χ0) is 13.8. The molecule has 7 heteroatoms. The quantitative estimate of drug-likeness (QED) is 0.666. The van der Waals surface area contributed by atoms with Gasteiger partial charge >= 0.3 is 0 Å². The Hall–Kier alpha value is -2.70. The summed E-state index contributed by atoms with van der Waals surface area (Å²) in [6, 6.07) is 7.58. The van der Waals surface area contributed by atoms with E-state index in [9.17, 15) is 14.9 Å². The van der Waals surface area contributed by atoms with Crippen LogP contribution in [0.1, 0.15) is 5.56 Å². The molecule has 0 fully saturated rings. The molecule has 0 bridgehead atoms. The van der Waals surface area contributed by atoms with Crippen LogP contribution in [0.4, 0.5) is 11.5 Å². The maximum absolute atomic E-state index is 11.7. The second kappa shape index (κ2) is 5.30. The molecule has 19 heavy (non-hydrogen) atoms. The van der Waals surface area contributed by atoms with Gasteiger partial charge in [-0.2, -0.15) is 5.10 Å². The summed E-state index contributed by atoms with van der Waals surface area (Å²) in [7, 11) is 1.76. The number of benzene rings is 1. The van der Waals surface area contributed by atoms with E-state index in [2.05, 4.69) is 10.4 Å². The molecule has 0 spiro atoms. The van der Waals surface area contributed by atoms with Crippen molar-refractivity contribution in [3.63, 3.8) is 0 Å². The normalized spacial score (nSPS) is 10.2. The van der Waals surface area contributed by atoms with Crippen molar-refractivity contribution < 1.29 is 9.72 Å². The molecule has 0 atom stereocenters. The molecule has 0 aliphatic carbocycles. The number of anilines is 1. The van der Waals surface area contributed by atoms with E-state index >= 15 is 0 Å². The van der Waals surface area contributed by atoms with E-state index in [0.29, 0.717) is 11.4 Å². The molecule has 0 unspecified atom stereocenters. The van der Waals surface area contributed by atoms with Crippen molar-refractivity contribution in [3.05, 3.63) is 52.2 Å². The first kappa shape index (κ1) is 12.7. The molecular formula is C12H12N4O3. The number of aryl methyl sites for hydroxylation is 1. The summed E-state index contributed by atoms with van der Waals surface area (Å²) in [6.07, 6.45) is 1.87. The van der Waals surface area contributed by atoms with E-state index in [1.165, 1.54) is 12.1 Å². The van der Waals surface area contributed by atoms with Crippen LogP contribution in [0.25, 0.3) is 0 Å². The first-order valence-electron chi connectivity index (χ1n) is 5.57. The Balaban J connectivity index is 1.97. The standard InChI is InChI=1S/C12H12N4O3/c1-15-7-6-11(14-15)13-12(17)8-9-2-4-10(5-3-9)16(18)19/h2-7H,8H2,1H3,(H,13,14,17). The first-order chi connectivity index (χ1) is 9.04. The predicted molar refractivity (Wildman–Crippen MR) is 68.6 cm³/mol. The lowest BCUT2D eigenvalue weighted by molar-refractivity contribution is -0.384. The second-order valence-electron chi connectivity index (χ2n) is 4.02. The maximum Gasteiger partial charge on any atom is 0.269 e. The fraction of sp³-hybridized carbons (Fsp3) is 0.167. The van der Waals surface area contributed by atoms with Crippen molar-refractivity contribution in [1.29, 1.82) is 0 Å². The van der Waals surface area contributed by atoms with E-state index in [0.717, 1.165) is 0 Å². The number of nitro benzene ring substituents is 1. The number of nitro groups is 1. The molecule has 1 amide bonds. The monoisotopic (exact) mass is 260 g/mol. The van der Waals surface area contributed by atoms with Crippen LogP contribution in [0.3, 0.4) is 0 Å². The molecule has 1 heterocycles. The lowest BCUT2D eigenvalue weighted by Gasteiger charge is -2.02. The molecule has 7 nitrogen and oxygen atoms in total. The van der Waals surface area contributed by atoms with Gasteiger partial charge in [0.15, 0.2) is 5.82 Å². The summed E-state index contributed by atoms with van der Waals surface area (Å²) in [4.78, 5) is 21.7. The third kappa shape index (κ3) is 3.38. The Labute approximate surface area is 109 Å². The Morgan fingerprint density at radius 1 is 1.37 bits per heavy atom. The van der Waals surface area contributed by atoms with E-state index in [-0.39, 0.29) is 18.0 Å². The Morgan fingerprint density at radius 3 is 2.58 bits per heavy atom. The van der Waals surface area contributed by atoms with E-state index in [1.807, 2.05) is 0 Å². The van der Waals surface area contributed by atoms with Crippen LogP contribution in [-0.4, -0.2) is 20.6 Å². The van der Waals surface area contributed by atoms with Crippen LogP contribution >= 0.6 is 0 Å². The minimum Gasteiger partial charge on any atom is -0.309 e. The average Bonchev–Trinajstić information content (AvgIpc) is 2.75. The first-order valence-corrected chi connectivity index (χ1v) is 5.57. The Kier molecular flexibility index (Phi) is 3.56. The number of nitrogens with zero attached hydrogens (tertiary/aromatic N) is 3. The Morgan fingerprint density at radius 2 is 2.05 bits per heavy atom. The van der Waals surface area contributed by atoms with Crippen LogP contribution < -0.4 is 5.32 Å². The summed E-state index contributed by atoms with van der Waals surface area (Å²) in [5.74, 6) is 0.266. The van der Waals surface area contributed by atoms with Crippen molar-refractivity contribution in [1.82, 2.24) is 9.78 Å². The van der Waals surface area contributed by atoms with Crippen LogP contribution in [0.2, 0.25) is 0 Å². The molecule has 1 aromatic heterocycles. The van der Waals surface area contributed by atoms with Crippen LogP contribution in [0, 0.1) is 10.1 Å². The van der Waals surface area contributed by atoms with Crippen molar-refractivity contribution in [3.8, 4) is 0 Å². The molecular weight excluding hydrogens is 248 g/mol. The van der Waals surface area contributed by atoms with Gasteiger partial charge in [0.25, 0.3) is 5.69 Å². The van der Waals surface area contributed by atoms with Crippen LogP contribution in [0.15, 0.2) is 36.5 Å². The van der Waals surface area contributed by atoms with Crippen molar-refractivity contribution in [2.45, 2.75) is 6.42 Å². The third-order valence-corrected chi connectivity index (χ3v) is 2.49. The van der Waals surface area contributed by atoms with Gasteiger partial charge in [-0.1, -0.05) is 12.1 Å². The highest BCUT2D eigenvalue weighted by Crippen LogP contribution is 2.12. The zero-order valence-corrected chi connectivity index (χ0v) is 10.2. The van der Waals surface area contributed by atoms with Crippen LogP contribution in [-0.2, 0) is 18.3 Å². The number of rotatable bonds is 4. The number of amides is 1. The van der Waals surface area contributed by atoms with Gasteiger partial charge in [0.05, 0.1) is 11.3 Å². The lowest BCUT2D eigenvalue weighted by Crippen LogP contribution is -2.14. The SMILES string of the molecule is Cn1ccc(NC(=O)Cc2ccc([N+](=O)[O-])cc2)n1. The maximum atomic E-state index is 11.7. The van der Waals surface area contributed by atoms with Gasteiger partial charge in [0.1, 0.15) is 0 Å². The predicted octanol–water partition coefficient (Wildman–Crippen LogP) is 1.51. The molecule has 0 saturated carbocycles. The van der Waals surface area contributed by atoms with Gasteiger partial charge in [-0.3, -0.25) is 19.6 Å².